The molecule has 1 unspecified atom stereocenters. The Morgan fingerprint density at radius 1 is 1.12 bits per heavy atom. The zero-order chi connectivity index (χ0) is 22.3. The fourth-order valence-corrected chi connectivity index (χ4v) is 4.61. The van der Waals surface area contributed by atoms with Crippen LogP contribution >= 0.6 is 24.0 Å². The van der Waals surface area contributed by atoms with Gasteiger partial charge in [0.2, 0.25) is 0 Å². The summed E-state index contributed by atoms with van der Waals surface area (Å²) < 4.78 is 14.0. The summed E-state index contributed by atoms with van der Waals surface area (Å²) in [5.74, 6) is 1.67. The summed E-state index contributed by atoms with van der Waals surface area (Å²) in [5.41, 5.74) is 2.71. The van der Waals surface area contributed by atoms with Crippen molar-refractivity contribution in [3.63, 3.8) is 0 Å². The van der Waals surface area contributed by atoms with Crippen molar-refractivity contribution in [1.29, 1.82) is 0 Å². The van der Waals surface area contributed by atoms with E-state index in [0.717, 1.165) is 51.6 Å². The molecule has 2 N–H and O–H groups in total. The highest BCUT2D eigenvalue weighted by atomic mass is 127. The fraction of sp³-hybridized carbons (Fsp3) is 0.520. The average Bonchev–Trinajstić information content (AvgIpc) is 3.27. The van der Waals surface area contributed by atoms with Gasteiger partial charge in [0.15, 0.2) is 17.6 Å². The number of anilines is 1. The summed E-state index contributed by atoms with van der Waals surface area (Å²) in [6.07, 6.45) is 4.98. The number of hydrogen-bond acceptors (Lipinski definition) is 4. The van der Waals surface area contributed by atoms with Crippen LogP contribution in [0.3, 0.4) is 0 Å². The number of aryl methyl sites for hydroxylation is 1. The van der Waals surface area contributed by atoms with Gasteiger partial charge in [0.1, 0.15) is 0 Å². The van der Waals surface area contributed by atoms with E-state index in [4.69, 9.17) is 0 Å². The molecule has 1 atom stereocenters. The molecule has 0 saturated carbocycles. The van der Waals surface area contributed by atoms with Crippen LogP contribution < -0.4 is 15.5 Å². The number of halogens is 2. The predicted octanol–water partition coefficient (Wildman–Crippen LogP) is 3.80. The summed E-state index contributed by atoms with van der Waals surface area (Å²) in [4.78, 5) is 13.2. The van der Waals surface area contributed by atoms with Crippen LogP contribution in [-0.4, -0.2) is 61.7 Å². The van der Waals surface area contributed by atoms with E-state index in [-0.39, 0.29) is 35.8 Å². The van der Waals surface area contributed by atoms with Crippen molar-refractivity contribution < 1.29 is 4.39 Å². The van der Waals surface area contributed by atoms with Gasteiger partial charge >= 0.3 is 0 Å². The minimum absolute atomic E-state index is 0. The van der Waals surface area contributed by atoms with Crippen molar-refractivity contribution in [2.45, 2.75) is 38.8 Å². The molecule has 2 aromatic rings. The van der Waals surface area contributed by atoms with E-state index in [2.05, 4.69) is 56.7 Å². The highest BCUT2D eigenvalue weighted by Crippen LogP contribution is 2.21. The van der Waals surface area contributed by atoms with Gasteiger partial charge < -0.3 is 15.5 Å². The molecular formula is C25H36FIN6. The smallest absolute Gasteiger partial charge is 0.191 e. The van der Waals surface area contributed by atoms with E-state index in [9.17, 15) is 4.39 Å². The Hall–Kier alpha value is -1.94. The lowest BCUT2D eigenvalue weighted by Crippen LogP contribution is -2.47. The number of pyridine rings is 1. The lowest BCUT2D eigenvalue weighted by atomic mass is 9.96. The van der Waals surface area contributed by atoms with Gasteiger partial charge in [0.25, 0.3) is 0 Å². The van der Waals surface area contributed by atoms with Gasteiger partial charge in [0, 0.05) is 45.5 Å². The van der Waals surface area contributed by atoms with Gasteiger partial charge in [-0.15, -0.1) is 24.0 Å². The van der Waals surface area contributed by atoms with Crippen molar-refractivity contribution in [2.75, 3.05) is 44.7 Å². The molecule has 0 bridgehead atoms. The van der Waals surface area contributed by atoms with Gasteiger partial charge in [-0.05, 0) is 62.9 Å². The van der Waals surface area contributed by atoms with Crippen LogP contribution in [0.25, 0.3) is 0 Å². The number of aromatic nitrogens is 1. The van der Waals surface area contributed by atoms with E-state index in [1.165, 1.54) is 30.0 Å². The molecule has 1 aromatic carbocycles. The maximum atomic E-state index is 14.0. The molecule has 2 saturated heterocycles. The zero-order valence-electron chi connectivity index (χ0n) is 19.6. The third-order valence-electron chi connectivity index (χ3n) is 6.58. The second-order valence-electron chi connectivity index (χ2n) is 9.04. The molecule has 180 valence electrons. The third-order valence-corrected chi connectivity index (χ3v) is 6.58. The fourth-order valence-electron chi connectivity index (χ4n) is 4.61. The van der Waals surface area contributed by atoms with Crippen molar-refractivity contribution in [3.05, 3.63) is 59.5 Å². The molecular weight excluding hydrogens is 530 g/mol. The molecule has 6 nitrogen and oxygen atoms in total. The van der Waals surface area contributed by atoms with Crippen molar-refractivity contribution >= 4 is 35.8 Å². The van der Waals surface area contributed by atoms with Gasteiger partial charge in [-0.25, -0.2) is 9.37 Å². The van der Waals surface area contributed by atoms with Gasteiger partial charge in [-0.2, -0.15) is 0 Å². The zero-order valence-corrected chi connectivity index (χ0v) is 22.0. The Kier molecular flexibility index (Phi) is 9.73. The first-order chi connectivity index (χ1) is 15.6. The number of benzene rings is 1. The van der Waals surface area contributed by atoms with Gasteiger partial charge in [-0.3, -0.25) is 9.89 Å². The van der Waals surface area contributed by atoms with Crippen LogP contribution in [0, 0.1) is 18.7 Å². The summed E-state index contributed by atoms with van der Waals surface area (Å²) in [7, 11) is 1.81. The molecule has 0 radical (unpaired) electrons. The second kappa shape index (κ2) is 12.5. The standard InChI is InChI=1S/C25H35FN6.HI/c1-19-5-7-21(8-6-19)17-31-13-9-20(10-14-31)16-29-25(27-2)30-22-11-15-32(18-22)24-23(26)4-3-12-28-24;/h3-8,12,20,22H,9-11,13-18H2,1-2H3,(H2,27,29,30);1H. The lowest BCUT2D eigenvalue weighted by Gasteiger charge is -2.32. The highest BCUT2D eigenvalue weighted by Gasteiger charge is 2.26. The number of guanidine groups is 1. The first-order valence-corrected chi connectivity index (χ1v) is 11.7. The van der Waals surface area contributed by atoms with Gasteiger partial charge in [0.05, 0.1) is 0 Å². The molecule has 4 rings (SSSR count). The van der Waals surface area contributed by atoms with Gasteiger partial charge in [-0.1, -0.05) is 29.8 Å². The number of rotatable bonds is 6. The van der Waals surface area contributed by atoms with Crippen LogP contribution in [0.1, 0.15) is 30.4 Å². The molecule has 0 aliphatic carbocycles. The van der Waals surface area contributed by atoms with Crippen molar-refractivity contribution in [2.24, 2.45) is 10.9 Å². The Morgan fingerprint density at radius 2 is 1.88 bits per heavy atom. The highest BCUT2D eigenvalue weighted by molar-refractivity contribution is 14.0. The number of aliphatic imine (C=N–C) groups is 1. The SMILES string of the molecule is CN=C(NCC1CCN(Cc2ccc(C)cc2)CC1)NC1CCN(c2ncccc2F)C1.I. The predicted molar refractivity (Wildman–Crippen MR) is 144 cm³/mol. The maximum Gasteiger partial charge on any atom is 0.191 e. The van der Waals surface area contributed by atoms with Crippen LogP contribution in [0.4, 0.5) is 10.2 Å². The number of nitrogens with zero attached hydrogens (tertiary/aromatic N) is 4. The molecule has 2 aliphatic heterocycles. The number of piperidine rings is 1. The number of likely N-dealkylation sites (tertiary alicyclic amines) is 1. The van der Waals surface area contributed by atoms with Crippen LogP contribution in [0.15, 0.2) is 47.6 Å². The molecule has 2 fully saturated rings. The molecule has 2 aliphatic rings. The van der Waals surface area contributed by atoms with E-state index in [1.807, 2.05) is 11.9 Å². The maximum absolute atomic E-state index is 14.0. The third kappa shape index (κ3) is 7.27. The quantitative estimate of drug-likeness (QED) is 0.317. The molecule has 0 spiro atoms. The van der Waals surface area contributed by atoms with Crippen LogP contribution in [0.2, 0.25) is 0 Å². The molecule has 3 heterocycles. The first kappa shape index (κ1) is 25.7. The Morgan fingerprint density at radius 3 is 2.58 bits per heavy atom. The Labute approximate surface area is 214 Å². The minimum Gasteiger partial charge on any atom is -0.356 e. The monoisotopic (exact) mass is 566 g/mol. The molecule has 0 amide bonds. The minimum atomic E-state index is -0.260. The number of hydrogen-bond donors (Lipinski definition) is 2. The van der Waals surface area contributed by atoms with E-state index >= 15 is 0 Å². The molecule has 33 heavy (non-hydrogen) atoms. The molecule has 1 aromatic heterocycles. The topological polar surface area (TPSA) is 55.8 Å². The largest absolute Gasteiger partial charge is 0.356 e. The normalized spacial score (nSPS) is 19.9. The van der Waals surface area contributed by atoms with Crippen LogP contribution in [0.5, 0.6) is 0 Å². The first-order valence-electron chi connectivity index (χ1n) is 11.7. The average molecular weight is 567 g/mol. The summed E-state index contributed by atoms with van der Waals surface area (Å²) in [6, 6.07) is 12.2. The summed E-state index contributed by atoms with van der Waals surface area (Å²) >= 11 is 0. The van der Waals surface area contributed by atoms with Crippen molar-refractivity contribution in [3.8, 4) is 0 Å². The number of nitrogens with one attached hydrogen (secondary N) is 2. The molecule has 8 heteroatoms. The Balaban J connectivity index is 0.00000306. The lowest BCUT2D eigenvalue weighted by molar-refractivity contribution is 0.178. The second-order valence-corrected chi connectivity index (χ2v) is 9.04. The summed E-state index contributed by atoms with van der Waals surface area (Å²) in [6.45, 7) is 7.91. The van der Waals surface area contributed by atoms with Crippen LogP contribution in [-0.2, 0) is 6.54 Å². The van der Waals surface area contributed by atoms with E-state index in [1.54, 1.807) is 12.3 Å². The van der Waals surface area contributed by atoms with Crippen molar-refractivity contribution in [1.82, 2.24) is 20.5 Å². The van der Waals surface area contributed by atoms with E-state index < -0.39 is 0 Å². The van der Waals surface area contributed by atoms with E-state index in [0.29, 0.717) is 11.7 Å². The Bertz CT molecular complexity index is 898. The summed E-state index contributed by atoms with van der Waals surface area (Å²) in [5, 5.41) is 7.02.